The van der Waals surface area contributed by atoms with Crippen LogP contribution in [0.15, 0.2) is 30.5 Å². The Morgan fingerprint density at radius 3 is 2.42 bits per heavy atom. The molecule has 0 aliphatic carbocycles. The van der Waals surface area contributed by atoms with E-state index in [2.05, 4.69) is 10.3 Å². The monoisotopic (exact) mass is 290 g/mol. The number of anilines is 1. The molecule has 102 valence electrons. The highest BCUT2D eigenvalue weighted by molar-refractivity contribution is 7.15. The fourth-order valence-electron chi connectivity index (χ4n) is 1.45. The molecule has 0 aliphatic heterocycles. The largest absolute Gasteiger partial charge is 0.427 e. The summed E-state index contributed by atoms with van der Waals surface area (Å²) in [5.74, 6) is -0.313. The van der Waals surface area contributed by atoms with Crippen molar-refractivity contribution in [2.45, 2.75) is 12.6 Å². The van der Waals surface area contributed by atoms with Gasteiger partial charge in [0.25, 0.3) is 0 Å². The number of nitrogens with zero attached hydrogens (tertiary/aromatic N) is 1. The lowest BCUT2D eigenvalue weighted by Crippen LogP contribution is -2.04. The summed E-state index contributed by atoms with van der Waals surface area (Å²) < 4.78 is 49.7. The Morgan fingerprint density at radius 2 is 1.84 bits per heavy atom. The van der Waals surface area contributed by atoms with Crippen LogP contribution in [0.25, 0.3) is 0 Å². The van der Waals surface area contributed by atoms with Gasteiger partial charge in [0, 0.05) is 6.54 Å². The molecule has 1 aromatic heterocycles. The van der Waals surface area contributed by atoms with Crippen molar-refractivity contribution in [1.82, 2.24) is 4.98 Å². The van der Waals surface area contributed by atoms with Crippen LogP contribution < -0.4 is 5.32 Å². The summed E-state index contributed by atoms with van der Waals surface area (Å²) in [4.78, 5) is 2.93. The molecule has 0 saturated heterocycles. The van der Waals surface area contributed by atoms with Crippen LogP contribution >= 0.6 is 11.3 Å². The highest BCUT2D eigenvalue weighted by Crippen LogP contribution is 2.34. The zero-order valence-electron chi connectivity index (χ0n) is 9.67. The van der Waals surface area contributed by atoms with Gasteiger partial charge in [-0.15, -0.1) is 0 Å². The predicted molar refractivity (Wildman–Crippen MR) is 65.7 cm³/mol. The number of alkyl halides is 3. The van der Waals surface area contributed by atoms with Gasteiger partial charge in [-0.3, -0.25) is 0 Å². The zero-order chi connectivity index (χ0) is 13.9. The summed E-state index contributed by atoms with van der Waals surface area (Å²) in [6.45, 7) is 0.441. The zero-order valence-corrected chi connectivity index (χ0v) is 10.5. The normalized spacial score (nSPS) is 11.6. The van der Waals surface area contributed by atoms with Gasteiger partial charge in [-0.2, -0.15) is 13.2 Å². The molecule has 0 aliphatic rings. The highest BCUT2D eigenvalue weighted by Gasteiger charge is 2.33. The van der Waals surface area contributed by atoms with Crippen LogP contribution in [0.4, 0.5) is 22.7 Å². The Kier molecular flexibility index (Phi) is 4.04. The first-order chi connectivity index (χ1) is 8.95. The Bertz CT molecular complexity index is 533. The van der Waals surface area contributed by atoms with Gasteiger partial charge in [0.1, 0.15) is 10.7 Å². The fourth-order valence-corrected chi connectivity index (χ4v) is 2.16. The quantitative estimate of drug-likeness (QED) is 0.862. The first-order valence-electron chi connectivity index (χ1n) is 5.46. The van der Waals surface area contributed by atoms with Crippen molar-refractivity contribution in [3.8, 4) is 0 Å². The molecule has 2 aromatic rings. The van der Waals surface area contributed by atoms with E-state index in [1.807, 2.05) is 0 Å². The summed E-state index contributed by atoms with van der Waals surface area (Å²) in [5.41, 5.74) is 0.904. The van der Waals surface area contributed by atoms with Gasteiger partial charge < -0.3 is 5.32 Å². The average Bonchev–Trinajstić information content (AvgIpc) is 2.80. The Balaban J connectivity index is 1.86. The van der Waals surface area contributed by atoms with E-state index in [0.717, 1.165) is 11.8 Å². The molecule has 0 radical (unpaired) electrons. The number of aromatic nitrogens is 1. The highest BCUT2D eigenvalue weighted by atomic mass is 32.1. The molecule has 0 unspecified atom stereocenters. The second-order valence-corrected chi connectivity index (χ2v) is 4.86. The molecule has 0 fully saturated rings. The molecule has 0 spiro atoms. The Labute approximate surface area is 111 Å². The number of halogens is 4. The molecule has 0 amide bonds. The van der Waals surface area contributed by atoms with Crippen molar-refractivity contribution in [2.24, 2.45) is 0 Å². The predicted octanol–water partition coefficient (Wildman–Crippen LogP) is 3.96. The molecule has 1 heterocycles. The molecule has 1 N–H and O–H groups in total. The summed E-state index contributed by atoms with van der Waals surface area (Å²) in [5, 5.41) is 3.04. The minimum Gasteiger partial charge on any atom is -0.361 e. The minimum absolute atomic E-state index is 0.231. The van der Waals surface area contributed by atoms with Crippen molar-refractivity contribution in [1.29, 1.82) is 0 Å². The van der Waals surface area contributed by atoms with E-state index in [1.165, 1.54) is 12.1 Å². The van der Waals surface area contributed by atoms with E-state index < -0.39 is 11.1 Å². The fraction of sp³-hybridized carbons (Fsp3) is 0.250. The minimum atomic E-state index is -4.35. The van der Waals surface area contributed by atoms with Crippen LogP contribution in [0.1, 0.15) is 10.4 Å². The molecular formula is C12H10F4N2S. The third-order valence-corrected chi connectivity index (χ3v) is 3.39. The summed E-state index contributed by atoms with van der Waals surface area (Å²) >= 11 is 0.570. The van der Waals surface area contributed by atoms with Gasteiger partial charge in [0.15, 0.2) is 5.13 Å². The van der Waals surface area contributed by atoms with E-state index >= 15 is 0 Å². The van der Waals surface area contributed by atoms with Crippen LogP contribution in [-0.4, -0.2) is 11.5 Å². The number of thiazole rings is 1. The van der Waals surface area contributed by atoms with Crippen LogP contribution in [-0.2, 0) is 12.6 Å². The van der Waals surface area contributed by atoms with Crippen molar-refractivity contribution >= 4 is 16.5 Å². The van der Waals surface area contributed by atoms with Gasteiger partial charge in [-0.25, -0.2) is 9.37 Å². The van der Waals surface area contributed by atoms with E-state index in [9.17, 15) is 17.6 Å². The molecular weight excluding hydrogens is 280 g/mol. The molecule has 19 heavy (non-hydrogen) atoms. The average molecular weight is 290 g/mol. The lowest BCUT2D eigenvalue weighted by atomic mass is 10.1. The molecule has 1 aromatic carbocycles. The van der Waals surface area contributed by atoms with Gasteiger partial charge in [-0.1, -0.05) is 23.5 Å². The second kappa shape index (κ2) is 5.56. The standard InChI is InChI=1S/C12H10F4N2S/c13-9-3-1-8(2-4-9)5-6-17-11-18-7-10(19-11)12(14,15)16/h1-4,7H,5-6H2,(H,17,18). The first-order valence-corrected chi connectivity index (χ1v) is 6.28. The van der Waals surface area contributed by atoms with E-state index in [0.29, 0.717) is 24.3 Å². The summed E-state index contributed by atoms with van der Waals surface area (Å²) in [6, 6.07) is 5.97. The SMILES string of the molecule is Fc1ccc(CCNc2ncc(C(F)(F)F)s2)cc1. The lowest BCUT2D eigenvalue weighted by Gasteiger charge is -2.03. The summed E-state index contributed by atoms with van der Waals surface area (Å²) in [7, 11) is 0. The number of benzene rings is 1. The van der Waals surface area contributed by atoms with E-state index in [4.69, 9.17) is 0 Å². The van der Waals surface area contributed by atoms with Gasteiger partial charge in [0.2, 0.25) is 0 Å². The molecule has 0 saturated carbocycles. The first kappa shape index (κ1) is 13.8. The van der Waals surface area contributed by atoms with E-state index in [-0.39, 0.29) is 10.9 Å². The third kappa shape index (κ3) is 3.92. The maximum atomic E-state index is 12.7. The van der Waals surface area contributed by atoms with Crippen LogP contribution in [0, 0.1) is 5.82 Å². The van der Waals surface area contributed by atoms with Gasteiger partial charge in [-0.05, 0) is 24.1 Å². The summed E-state index contributed by atoms with van der Waals surface area (Å²) in [6.07, 6.45) is -2.96. The maximum Gasteiger partial charge on any atom is 0.427 e. The maximum absolute atomic E-state index is 12.7. The van der Waals surface area contributed by atoms with E-state index in [1.54, 1.807) is 12.1 Å². The lowest BCUT2D eigenvalue weighted by molar-refractivity contribution is -0.134. The van der Waals surface area contributed by atoms with Crippen molar-refractivity contribution in [3.63, 3.8) is 0 Å². The second-order valence-electron chi connectivity index (χ2n) is 3.83. The Hall–Kier alpha value is -1.63. The van der Waals surface area contributed by atoms with Crippen molar-refractivity contribution in [2.75, 3.05) is 11.9 Å². The van der Waals surface area contributed by atoms with Crippen LogP contribution in [0.3, 0.4) is 0 Å². The molecule has 2 rings (SSSR count). The van der Waals surface area contributed by atoms with Crippen molar-refractivity contribution in [3.05, 3.63) is 46.7 Å². The van der Waals surface area contributed by atoms with Crippen molar-refractivity contribution < 1.29 is 17.6 Å². The Morgan fingerprint density at radius 1 is 1.16 bits per heavy atom. The van der Waals surface area contributed by atoms with Gasteiger partial charge >= 0.3 is 6.18 Å². The molecule has 7 heteroatoms. The van der Waals surface area contributed by atoms with Gasteiger partial charge in [0.05, 0.1) is 6.20 Å². The molecule has 2 nitrogen and oxygen atoms in total. The number of hydrogen-bond donors (Lipinski definition) is 1. The number of rotatable bonds is 4. The van der Waals surface area contributed by atoms with Crippen LogP contribution in [0.5, 0.6) is 0 Å². The third-order valence-electron chi connectivity index (χ3n) is 2.39. The molecule has 0 atom stereocenters. The number of hydrogen-bond acceptors (Lipinski definition) is 3. The molecule has 0 bridgehead atoms. The topological polar surface area (TPSA) is 24.9 Å². The smallest absolute Gasteiger partial charge is 0.361 e. The van der Waals surface area contributed by atoms with Crippen LogP contribution in [0.2, 0.25) is 0 Å². The number of nitrogens with one attached hydrogen (secondary N) is 1.